The Hall–Kier alpha value is -0.610. The molecule has 4 nitrogen and oxygen atoms in total. The summed E-state index contributed by atoms with van der Waals surface area (Å²) in [7, 11) is 0. The van der Waals surface area contributed by atoms with E-state index >= 15 is 0 Å². The van der Waals surface area contributed by atoms with Crippen molar-refractivity contribution in [2.75, 3.05) is 13.2 Å². The van der Waals surface area contributed by atoms with Gasteiger partial charge in [0.15, 0.2) is 0 Å². The zero-order chi connectivity index (χ0) is 11.1. The van der Waals surface area contributed by atoms with Crippen molar-refractivity contribution >= 4 is 5.91 Å². The van der Waals surface area contributed by atoms with Gasteiger partial charge in [-0.2, -0.15) is 0 Å². The van der Waals surface area contributed by atoms with Gasteiger partial charge in [-0.25, -0.2) is 0 Å². The Kier molecular flexibility index (Phi) is 5.65. The average Bonchev–Trinajstić information content (AvgIpc) is 2.27. The van der Waals surface area contributed by atoms with Crippen LogP contribution in [0.1, 0.15) is 39.0 Å². The van der Waals surface area contributed by atoms with Crippen LogP contribution < -0.4 is 5.32 Å². The minimum atomic E-state index is -0.110. The largest absolute Gasteiger partial charge is 0.394 e. The van der Waals surface area contributed by atoms with Crippen LogP contribution in [0.25, 0.3) is 0 Å². The molecule has 1 unspecified atom stereocenters. The zero-order valence-corrected chi connectivity index (χ0v) is 9.37. The lowest BCUT2D eigenvalue weighted by Gasteiger charge is -2.23. The smallest absolute Gasteiger partial charge is 0.222 e. The molecule has 1 saturated heterocycles. The summed E-state index contributed by atoms with van der Waals surface area (Å²) in [6, 6.07) is -0.110. The minimum Gasteiger partial charge on any atom is -0.394 e. The monoisotopic (exact) mass is 215 g/mol. The van der Waals surface area contributed by atoms with E-state index in [1.807, 2.05) is 6.92 Å². The minimum absolute atomic E-state index is 0.00770. The normalized spacial score (nSPS) is 23.5. The van der Waals surface area contributed by atoms with Gasteiger partial charge in [-0.3, -0.25) is 4.79 Å². The molecule has 0 aromatic carbocycles. The molecule has 0 spiro atoms. The van der Waals surface area contributed by atoms with Gasteiger partial charge in [-0.15, -0.1) is 0 Å². The average molecular weight is 215 g/mol. The third-order valence-corrected chi connectivity index (χ3v) is 2.77. The van der Waals surface area contributed by atoms with Crippen LogP contribution in [0.3, 0.4) is 0 Å². The highest BCUT2D eigenvalue weighted by Gasteiger charge is 2.18. The van der Waals surface area contributed by atoms with Gasteiger partial charge in [0.25, 0.3) is 0 Å². The van der Waals surface area contributed by atoms with Crippen molar-refractivity contribution in [3.05, 3.63) is 0 Å². The van der Waals surface area contributed by atoms with E-state index in [0.29, 0.717) is 6.42 Å². The van der Waals surface area contributed by atoms with Crippen LogP contribution in [0.4, 0.5) is 0 Å². The predicted octanol–water partition coefficient (Wildman–Crippen LogP) is 0.833. The first kappa shape index (κ1) is 12.5. The molecule has 1 rings (SSSR count). The van der Waals surface area contributed by atoms with Crippen LogP contribution in [-0.4, -0.2) is 36.4 Å². The fourth-order valence-corrected chi connectivity index (χ4v) is 1.74. The fraction of sp³-hybridized carbons (Fsp3) is 0.909. The van der Waals surface area contributed by atoms with E-state index in [9.17, 15) is 4.79 Å². The fourth-order valence-electron chi connectivity index (χ4n) is 1.74. The number of carbonyl (C=O) groups is 1. The first-order valence-electron chi connectivity index (χ1n) is 5.78. The molecule has 1 aliphatic rings. The molecule has 2 atom stereocenters. The summed E-state index contributed by atoms with van der Waals surface area (Å²) < 4.78 is 5.47. The summed E-state index contributed by atoms with van der Waals surface area (Å²) >= 11 is 0. The SMILES string of the molecule is CC[C@@H](CO)NC(=O)CC1CCCCO1. The molecule has 1 aliphatic heterocycles. The third kappa shape index (κ3) is 4.62. The lowest BCUT2D eigenvalue weighted by Crippen LogP contribution is -2.39. The molecule has 0 aromatic heterocycles. The Balaban J connectivity index is 2.21. The van der Waals surface area contributed by atoms with Crippen LogP contribution in [0, 0.1) is 0 Å². The van der Waals surface area contributed by atoms with Gasteiger partial charge in [0.2, 0.25) is 5.91 Å². The zero-order valence-electron chi connectivity index (χ0n) is 9.37. The maximum absolute atomic E-state index is 11.5. The molecule has 0 saturated carbocycles. The van der Waals surface area contributed by atoms with Crippen molar-refractivity contribution in [1.29, 1.82) is 0 Å². The summed E-state index contributed by atoms with van der Waals surface area (Å²) in [4.78, 5) is 11.5. The van der Waals surface area contributed by atoms with Crippen molar-refractivity contribution < 1.29 is 14.6 Å². The van der Waals surface area contributed by atoms with Crippen LogP contribution in [0.15, 0.2) is 0 Å². The van der Waals surface area contributed by atoms with E-state index in [-0.39, 0.29) is 24.7 Å². The molecular formula is C11H21NO3. The number of aliphatic hydroxyl groups excluding tert-OH is 1. The molecular weight excluding hydrogens is 194 g/mol. The Morgan fingerprint density at radius 1 is 1.60 bits per heavy atom. The topological polar surface area (TPSA) is 58.6 Å². The van der Waals surface area contributed by atoms with Crippen LogP contribution in [0.5, 0.6) is 0 Å². The van der Waals surface area contributed by atoms with Gasteiger partial charge >= 0.3 is 0 Å². The molecule has 1 fully saturated rings. The molecule has 4 heteroatoms. The van der Waals surface area contributed by atoms with E-state index in [0.717, 1.165) is 32.3 Å². The van der Waals surface area contributed by atoms with Crippen molar-refractivity contribution in [3.63, 3.8) is 0 Å². The van der Waals surface area contributed by atoms with E-state index in [1.54, 1.807) is 0 Å². The Labute approximate surface area is 91.0 Å². The van der Waals surface area contributed by atoms with Crippen LogP contribution >= 0.6 is 0 Å². The molecule has 0 aromatic rings. The van der Waals surface area contributed by atoms with Gasteiger partial charge in [0.05, 0.1) is 25.2 Å². The van der Waals surface area contributed by atoms with Gasteiger partial charge < -0.3 is 15.2 Å². The number of rotatable bonds is 5. The summed E-state index contributed by atoms with van der Waals surface area (Å²) in [5.74, 6) is -0.0113. The maximum Gasteiger partial charge on any atom is 0.222 e. The van der Waals surface area contributed by atoms with E-state index < -0.39 is 0 Å². The number of amides is 1. The second-order valence-electron chi connectivity index (χ2n) is 4.05. The second kappa shape index (κ2) is 6.80. The van der Waals surface area contributed by atoms with Crippen molar-refractivity contribution in [2.45, 2.75) is 51.2 Å². The number of hydrogen-bond donors (Lipinski definition) is 2. The molecule has 0 radical (unpaired) electrons. The Morgan fingerprint density at radius 3 is 2.93 bits per heavy atom. The molecule has 15 heavy (non-hydrogen) atoms. The highest BCUT2D eigenvalue weighted by atomic mass is 16.5. The lowest BCUT2D eigenvalue weighted by molar-refractivity contribution is -0.125. The standard InChI is InChI=1S/C11H21NO3/c1-2-9(8-13)12-11(14)7-10-5-3-4-6-15-10/h9-10,13H,2-8H2,1H3,(H,12,14)/t9-,10?/m0/s1. The second-order valence-corrected chi connectivity index (χ2v) is 4.05. The number of aliphatic hydroxyl groups is 1. The molecule has 0 bridgehead atoms. The van der Waals surface area contributed by atoms with Crippen molar-refractivity contribution in [3.8, 4) is 0 Å². The maximum atomic E-state index is 11.5. The van der Waals surface area contributed by atoms with E-state index in [2.05, 4.69) is 5.32 Å². The molecule has 88 valence electrons. The number of nitrogens with one attached hydrogen (secondary N) is 1. The number of hydrogen-bond acceptors (Lipinski definition) is 3. The first-order chi connectivity index (χ1) is 7.26. The molecule has 2 N–H and O–H groups in total. The van der Waals surface area contributed by atoms with E-state index in [4.69, 9.17) is 9.84 Å². The molecule has 0 aliphatic carbocycles. The quantitative estimate of drug-likeness (QED) is 0.714. The molecule has 1 heterocycles. The van der Waals surface area contributed by atoms with Crippen molar-refractivity contribution in [2.24, 2.45) is 0 Å². The van der Waals surface area contributed by atoms with Crippen LogP contribution in [0.2, 0.25) is 0 Å². The summed E-state index contributed by atoms with van der Waals surface area (Å²) in [5.41, 5.74) is 0. The van der Waals surface area contributed by atoms with Gasteiger partial charge in [-0.05, 0) is 25.7 Å². The van der Waals surface area contributed by atoms with Gasteiger partial charge in [0, 0.05) is 6.61 Å². The van der Waals surface area contributed by atoms with E-state index in [1.165, 1.54) is 0 Å². The lowest BCUT2D eigenvalue weighted by atomic mass is 10.1. The number of ether oxygens (including phenoxy) is 1. The number of carbonyl (C=O) groups excluding carboxylic acids is 1. The van der Waals surface area contributed by atoms with Gasteiger partial charge in [-0.1, -0.05) is 6.92 Å². The predicted molar refractivity (Wildman–Crippen MR) is 57.5 cm³/mol. The third-order valence-electron chi connectivity index (χ3n) is 2.77. The summed E-state index contributed by atoms with van der Waals surface area (Å²) in [5, 5.41) is 11.7. The molecule has 1 amide bonds. The Morgan fingerprint density at radius 2 is 2.40 bits per heavy atom. The van der Waals surface area contributed by atoms with Crippen molar-refractivity contribution in [1.82, 2.24) is 5.32 Å². The van der Waals surface area contributed by atoms with Crippen LogP contribution in [-0.2, 0) is 9.53 Å². The first-order valence-corrected chi connectivity index (χ1v) is 5.78. The summed E-state index contributed by atoms with van der Waals surface area (Å²) in [6.45, 7) is 2.72. The highest BCUT2D eigenvalue weighted by Crippen LogP contribution is 2.15. The Bertz CT molecular complexity index is 186. The summed E-state index contributed by atoms with van der Waals surface area (Å²) in [6.07, 6.45) is 4.49. The highest BCUT2D eigenvalue weighted by molar-refractivity contribution is 5.76. The van der Waals surface area contributed by atoms with Gasteiger partial charge in [0.1, 0.15) is 0 Å².